The van der Waals surface area contributed by atoms with E-state index in [1.165, 1.54) is 6.42 Å². The zero-order chi connectivity index (χ0) is 12.5. The lowest BCUT2D eigenvalue weighted by molar-refractivity contribution is -0.132. The highest BCUT2D eigenvalue weighted by Gasteiger charge is 2.20. The molecule has 0 saturated carbocycles. The summed E-state index contributed by atoms with van der Waals surface area (Å²) in [5, 5.41) is 12.4. The smallest absolute Gasteiger partial charge is 0.222 e. The maximum Gasteiger partial charge on any atom is 0.222 e. The average molecular weight is 244 g/mol. The summed E-state index contributed by atoms with van der Waals surface area (Å²) in [5.74, 6) is 0.116. The molecule has 0 aliphatic carbocycles. The Hall–Kier alpha value is -0.650. The summed E-state index contributed by atoms with van der Waals surface area (Å²) >= 11 is 0. The third kappa shape index (κ3) is 5.48. The van der Waals surface area contributed by atoms with Crippen LogP contribution in [0.5, 0.6) is 0 Å². The van der Waals surface area contributed by atoms with Gasteiger partial charge in [-0.1, -0.05) is 0 Å². The molecule has 1 aliphatic rings. The van der Waals surface area contributed by atoms with Crippen LogP contribution >= 0.6 is 0 Å². The number of rotatable bonds is 8. The lowest BCUT2D eigenvalue weighted by Gasteiger charge is -2.25. The molecule has 1 rings (SSSR count). The first kappa shape index (κ1) is 14.4. The van der Waals surface area contributed by atoms with Crippen LogP contribution in [0.1, 0.15) is 25.7 Å². The summed E-state index contributed by atoms with van der Waals surface area (Å²) in [6, 6.07) is 0.396. The highest BCUT2D eigenvalue weighted by atomic mass is 16.5. The van der Waals surface area contributed by atoms with Gasteiger partial charge in [-0.15, -0.1) is 0 Å². The molecule has 0 spiro atoms. The average Bonchev–Trinajstić information content (AvgIpc) is 2.81. The molecule has 0 radical (unpaired) electrons. The summed E-state index contributed by atoms with van der Waals surface area (Å²) in [6.07, 6.45) is 3.54. The number of amides is 1. The first-order chi connectivity index (χ1) is 8.27. The molecule has 2 N–H and O–H groups in total. The number of aliphatic hydroxyl groups excluding tert-OH is 1. The van der Waals surface area contributed by atoms with Crippen molar-refractivity contribution in [2.24, 2.45) is 0 Å². The predicted molar refractivity (Wildman–Crippen MR) is 65.8 cm³/mol. The summed E-state index contributed by atoms with van der Waals surface area (Å²) in [6.45, 7) is 2.83. The van der Waals surface area contributed by atoms with Gasteiger partial charge in [0.05, 0.1) is 6.61 Å². The van der Waals surface area contributed by atoms with Gasteiger partial charge in [-0.25, -0.2) is 0 Å². The Bertz CT molecular complexity index is 218. The van der Waals surface area contributed by atoms with Gasteiger partial charge in [0, 0.05) is 39.3 Å². The summed E-state index contributed by atoms with van der Waals surface area (Å²) in [4.78, 5) is 13.7. The van der Waals surface area contributed by atoms with Crippen molar-refractivity contribution >= 4 is 5.91 Å². The zero-order valence-electron chi connectivity index (χ0n) is 10.7. The molecule has 5 nitrogen and oxygen atoms in total. The van der Waals surface area contributed by atoms with Gasteiger partial charge >= 0.3 is 0 Å². The van der Waals surface area contributed by atoms with E-state index in [1.54, 1.807) is 12.0 Å². The molecule has 1 unspecified atom stereocenters. The molecule has 1 aliphatic heterocycles. The third-order valence-corrected chi connectivity index (χ3v) is 3.06. The number of hydrogen-bond acceptors (Lipinski definition) is 4. The highest BCUT2D eigenvalue weighted by Crippen LogP contribution is 2.08. The van der Waals surface area contributed by atoms with Crippen molar-refractivity contribution in [3.05, 3.63) is 0 Å². The maximum absolute atomic E-state index is 11.9. The minimum Gasteiger partial charge on any atom is -0.395 e. The van der Waals surface area contributed by atoms with Gasteiger partial charge in [-0.05, 0) is 25.8 Å². The predicted octanol–water partition coefficient (Wildman–Crippen LogP) is -0.0141. The molecule has 1 fully saturated rings. The van der Waals surface area contributed by atoms with Crippen LogP contribution in [0.25, 0.3) is 0 Å². The van der Waals surface area contributed by atoms with Gasteiger partial charge in [0.15, 0.2) is 0 Å². The molecule has 17 heavy (non-hydrogen) atoms. The Balaban J connectivity index is 2.31. The van der Waals surface area contributed by atoms with Gasteiger partial charge in [-0.3, -0.25) is 4.79 Å². The molecule has 0 aromatic rings. The van der Waals surface area contributed by atoms with Crippen LogP contribution in [0.15, 0.2) is 0 Å². The monoisotopic (exact) mass is 244 g/mol. The second-order valence-electron chi connectivity index (χ2n) is 4.45. The zero-order valence-corrected chi connectivity index (χ0v) is 10.7. The van der Waals surface area contributed by atoms with Crippen LogP contribution in [0.2, 0.25) is 0 Å². The Labute approximate surface area is 103 Å². The Morgan fingerprint density at radius 1 is 1.59 bits per heavy atom. The quantitative estimate of drug-likeness (QED) is 0.589. The largest absolute Gasteiger partial charge is 0.395 e. The van der Waals surface area contributed by atoms with Gasteiger partial charge in [0.25, 0.3) is 0 Å². The number of carbonyl (C=O) groups excluding carboxylic acids is 1. The minimum atomic E-state index is 0.0305. The summed E-state index contributed by atoms with van der Waals surface area (Å²) in [5.41, 5.74) is 0. The van der Waals surface area contributed by atoms with Crippen LogP contribution in [-0.2, 0) is 9.53 Å². The topological polar surface area (TPSA) is 61.8 Å². The minimum absolute atomic E-state index is 0.0305. The van der Waals surface area contributed by atoms with Crippen molar-refractivity contribution in [2.75, 3.05) is 40.0 Å². The van der Waals surface area contributed by atoms with Crippen molar-refractivity contribution < 1.29 is 14.6 Å². The van der Waals surface area contributed by atoms with Crippen molar-refractivity contribution in [3.8, 4) is 0 Å². The Morgan fingerprint density at radius 3 is 3.00 bits per heavy atom. The standard InChI is InChI=1S/C12H24N2O3/c1-17-9-3-5-12(16)14(7-8-15)10-11-4-2-6-13-11/h11,13,15H,2-10H2,1H3. The van der Waals surface area contributed by atoms with Gasteiger partial charge in [0.1, 0.15) is 0 Å². The fraction of sp³-hybridized carbons (Fsp3) is 0.917. The molecule has 1 atom stereocenters. The highest BCUT2D eigenvalue weighted by molar-refractivity contribution is 5.76. The molecule has 1 amide bonds. The van der Waals surface area contributed by atoms with Crippen LogP contribution < -0.4 is 5.32 Å². The van der Waals surface area contributed by atoms with Crippen LogP contribution in [0.4, 0.5) is 0 Å². The van der Waals surface area contributed by atoms with Crippen molar-refractivity contribution in [2.45, 2.75) is 31.7 Å². The van der Waals surface area contributed by atoms with Gasteiger partial charge in [0.2, 0.25) is 5.91 Å². The number of methoxy groups -OCH3 is 1. The molecule has 1 heterocycles. The van der Waals surface area contributed by atoms with E-state index >= 15 is 0 Å². The summed E-state index contributed by atoms with van der Waals surface area (Å²) in [7, 11) is 1.64. The van der Waals surface area contributed by atoms with E-state index < -0.39 is 0 Å². The van der Waals surface area contributed by atoms with Gasteiger partial charge < -0.3 is 20.1 Å². The van der Waals surface area contributed by atoms with Crippen LogP contribution in [0.3, 0.4) is 0 Å². The van der Waals surface area contributed by atoms with E-state index in [0.717, 1.165) is 19.4 Å². The SMILES string of the molecule is COCCCC(=O)N(CCO)CC1CCCN1. The molecule has 0 aromatic heterocycles. The molecule has 0 bridgehead atoms. The van der Waals surface area contributed by atoms with E-state index in [9.17, 15) is 4.79 Å². The van der Waals surface area contributed by atoms with Crippen LogP contribution in [-0.4, -0.2) is 61.9 Å². The van der Waals surface area contributed by atoms with Gasteiger partial charge in [-0.2, -0.15) is 0 Å². The maximum atomic E-state index is 11.9. The lowest BCUT2D eigenvalue weighted by atomic mass is 10.2. The number of nitrogens with zero attached hydrogens (tertiary/aromatic N) is 1. The van der Waals surface area contributed by atoms with E-state index in [4.69, 9.17) is 9.84 Å². The Morgan fingerprint density at radius 2 is 2.41 bits per heavy atom. The third-order valence-electron chi connectivity index (χ3n) is 3.06. The van der Waals surface area contributed by atoms with E-state index in [-0.39, 0.29) is 12.5 Å². The first-order valence-corrected chi connectivity index (χ1v) is 6.39. The Kier molecular flexibility index (Phi) is 7.16. The fourth-order valence-electron chi connectivity index (χ4n) is 2.14. The normalized spacial score (nSPS) is 19.5. The number of carbonyl (C=O) groups is 1. The molecule has 5 heteroatoms. The molecule has 0 aromatic carbocycles. The number of nitrogens with one attached hydrogen (secondary N) is 1. The molecular formula is C12H24N2O3. The van der Waals surface area contributed by atoms with Crippen LogP contribution in [0, 0.1) is 0 Å². The second kappa shape index (κ2) is 8.44. The van der Waals surface area contributed by atoms with Crippen molar-refractivity contribution in [1.82, 2.24) is 10.2 Å². The van der Waals surface area contributed by atoms with E-state index in [2.05, 4.69) is 5.32 Å². The van der Waals surface area contributed by atoms with E-state index in [1.807, 2.05) is 0 Å². The van der Waals surface area contributed by atoms with Crippen molar-refractivity contribution in [3.63, 3.8) is 0 Å². The fourth-order valence-corrected chi connectivity index (χ4v) is 2.14. The first-order valence-electron chi connectivity index (χ1n) is 6.39. The van der Waals surface area contributed by atoms with Crippen molar-refractivity contribution in [1.29, 1.82) is 0 Å². The summed E-state index contributed by atoms with van der Waals surface area (Å²) < 4.78 is 4.93. The number of hydrogen-bond donors (Lipinski definition) is 2. The molecular weight excluding hydrogens is 220 g/mol. The number of ether oxygens (including phenoxy) is 1. The number of aliphatic hydroxyl groups is 1. The molecule has 100 valence electrons. The van der Waals surface area contributed by atoms with E-state index in [0.29, 0.717) is 32.2 Å². The second-order valence-corrected chi connectivity index (χ2v) is 4.45. The molecule has 1 saturated heterocycles. The lowest BCUT2D eigenvalue weighted by Crippen LogP contribution is -2.42.